The van der Waals surface area contributed by atoms with E-state index < -0.39 is 0 Å². The standard InChI is InChI=1S/C20H21NO.C14H20O3.C3H4O/c1-3-4-5-16-6-8-17(9-7-16)10-11-18-12-13-20(22-2)19(14-18)15-21;1-16-10-4-2-3-5-11-17-14-8-6-13(12-15)7-9-14;1-2-3-4/h6-9,12-15,21H,3-5H2,1-2H3;6-9,12H,2-5,10-11H2,1H3;2-3H,1H2. The maximum absolute atomic E-state index is 10.5. The molecule has 0 aliphatic heterocycles. The summed E-state index contributed by atoms with van der Waals surface area (Å²) in [5.74, 6) is 7.83. The van der Waals surface area contributed by atoms with Crippen LogP contribution in [0.2, 0.25) is 0 Å². The van der Waals surface area contributed by atoms with Gasteiger partial charge in [-0.25, -0.2) is 0 Å². The highest BCUT2D eigenvalue weighted by Crippen LogP contribution is 2.17. The number of carbonyl (C=O) groups excluding carboxylic acids is 2. The number of unbranched alkanes of at least 4 members (excludes halogenated alkanes) is 4. The Labute approximate surface area is 257 Å². The molecule has 0 saturated carbocycles. The van der Waals surface area contributed by atoms with Crippen molar-refractivity contribution in [2.45, 2.75) is 51.9 Å². The highest BCUT2D eigenvalue weighted by atomic mass is 16.5. The van der Waals surface area contributed by atoms with Gasteiger partial charge in [-0.1, -0.05) is 50.3 Å². The number of ether oxygens (including phenoxy) is 3. The normalized spacial score (nSPS) is 9.47. The van der Waals surface area contributed by atoms with Crippen LogP contribution in [0.15, 0.2) is 79.4 Å². The van der Waals surface area contributed by atoms with Crippen LogP contribution in [0.5, 0.6) is 11.5 Å². The maximum Gasteiger partial charge on any atom is 0.150 e. The molecule has 0 radical (unpaired) electrons. The van der Waals surface area contributed by atoms with Crippen molar-refractivity contribution in [3.8, 4) is 23.3 Å². The summed E-state index contributed by atoms with van der Waals surface area (Å²) in [6.45, 7) is 6.89. The van der Waals surface area contributed by atoms with E-state index in [1.54, 1.807) is 26.4 Å². The number of hydrogen-bond acceptors (Lipinski definition) is 6. The minimum atomic E-state index is 0.639. The van der Waals surface area contributed by atoms with E-state index in [0.717, 1.165) is 67.6 Å². The third-order valence-electron chi connectivity index (χ3n) is 6.13. The van der Waals surface area contributed by atoms with Crippen LogP contribution in [0.4, 0.5) is 0 Å². The third kappa shape index (κ3) is 16.5. The van der Waals surface area contributed by atoms with E-state index in [2.05, 4.69) is 49.6 Å². The van der Waals surface area contributed by atoms with E-state index in [9.17, 15) is 4.79 Å². The number of carbonyl (C=O) groups is 2. The number of hydrogen-bond donors (Lipinski definition) is 1. The van der Waals surface area contributed by atoms with Crippen molar-refractivity contribution in [2.24, 2.45) is 0 Å². The van der Waals surface area contributed by atoms with Gasteiger partial charge in [0, 0.05) is 42.2 Å². The van der Waals surface area contributed by atoms with Gasteiger partial charge < -0.3 is 19.6 Å². The average Bonchev–Trinajstić information content (AvgIpc) is 3.07. The van der Waals surface area contributed by atoms with Crippen molar-refractivity contribution < 1.29 is 23.8 Å². The molecule has 6 nitrogen and oxygen atoms in total. The minimum Gasteiger partial charge on any atom is -0.496 e. The lowest BCUT2D eigenvalue weighted by atomic mass is 10.1. The fraction of sp³-hybridized carbons (Fsp3) is 0.324. The van der Waals surface area contributed by atoms with Crippen LogP contribution in [-0.4, -0.2) is 46.2 Å². The molecular formula is C37H45NO5. The van der Waals surface area contributed by atoms with Crippen molar-refractivity contribution in [1.82, 2.24) is 0 Å². The highest BCUT2D eigenvalue weighted by Gasteiger charge is 2.00. The lowest BCUT2D eigenvalue weighted by Crippen LogP contribution is -1.98. The summed E-state index contributed by atoms with van der Waals surface area (Å²) in [4.78, 5) is 19.5. The Morgan fingerprint density at radius 3 is 2.00 bits per heavy atom. The molecule has 228 valence electrons. The van der Waals surface area contributed by atoms with Crippen LogP contribution >= 0.6 is 0 Å². The monoisotopic (exact) mass is 583 g/mol. The van der Waals surface area contributed by atoms with Crippen molar-refractivity contribution >= 4 is 18.8 Å². The Kier molecular flexibility index (Phi) is 20.5. The Balaban J connectivity index is 0.000000393. The first-order valence-electron chi connectivity index (χ1n) is 14.6. The van der Waals surface area contributed by atoms with Gasteiger partial charge in [0.1, 0.15) is 24.1 Å². The molecule has 0 unspecified atom stereocenters. The van der Waals surface area contributed by atoms with Crippen LogP contribution in [0.25, 0.3) is 0 Å². The van der Waals surface area contributed by atoms with Gasteiger partial charge in [0.05, 0.1) is 13.7 Å². The summed E-state index contributed by atoms with van der Waals surface area (Å²) in [5, 5.41) is 7.41. The summed E-state index contributed by atoms with van der Waals surface area (Å²) in [6.07, 6.45) is 12.0. The Morgan fingerprint density at radius 2 is 1.44 bits per heavy atom. The summed E-state index contributed by atoms with van der Waals surface area (Å²) >= 11 is 0. The van der Waals surface area contributed by atoms with Crippen molar-refractivity contribution in [3.05, 3.63) is 107 Å². The second kappa shape index (κ2) is 24.2. The molecule has 0 aliphatic carbocycles. The van der Waals surface area contributed by atoms with Gasteiger partial charge >= 0.3 is 0 Å². The largest absolute Gasteiger partial charge is 0.496 e. The number of benzene rings is 3. The number of allylic oxidation sites excluding steroid dienone is 1. The predicted octanol–water partition coefficient (Wildman–Crippen LogP) is 7.89. The molecule has 1 N–H and O–H groups in total. The van der Waals surface area contributed by atoms with Gasteiger partial charge in [-0.15, -0.1) is 0 Å². The molecule has 43 heavy (non-hydrogen) atoms. The van der Waals surface area contributed by atoms with E-state index >= 15 is 0 Å². The Hall–Kier alpha value is -4.47. The second-order valence-corrected chi connectivity index (χ2v) is 9.47. The lowest BCUT2D eigenvalue weighted by Gasteiger charge is -2.06. The number of aryl methyl sites for hydroxylation is 1. The quantitative estimate of drug-likeness (QED) is 0.0646. The predicted molar refractivity (Wildman–Crippen MR) is 176 cm³/mol. The van der Waals surface area contributed by atoms with E-state index in [4.69, 9.17) is 24.4 Å². The fourth-order valence-corrected chi connectivity index (χ4v) is 3.74. The van der Waals surface area contributed by atoms with Gasteiger partial charge in [0.15, 0.2) is 0 Å². The van der Waals surface area contributed by atoms with Gasteiger partial charge in [0.2, 0.25) is 0 Å². The maximum atomic E-state index is 10.5. The second-order valence-electron chi connectivity index (χ2n) is 9.47. The van der Waals surface area contributed by atoms with Crippen LogP contribution in [0.3, 0.4) is 0 Å². The molecule has 0 fully saturated rings. The van der Waals surface area contributed by atoms with Crippen LogP contribution < -0.4 is 9.47 Å². The van der Waals surface area contributed by atoms with Crippen molar-refractivity contribution in [1.29, 1.82) is 5.41 Å². The van der Waals surface area contributed by atoms with Crippen molar-refractivity contribution in [3.63, 3.8) is 0 Å². The zero-order valence-corrected chi connectivity index (χ0v) is 25.8. The highest BCUT2D eigenvalue weighted by molar-refractivity contribution is 5.82. The molecular weight excluding hydrogens is 538 g/mol. The molecule has 0 aliphatic rings. The molecule has 3 aromatic carbocycles. The van der Waals surface area contributed by atoms with Crippen LogP contribution in [0.1, 0.15) is 78.1 Å². The summed E-state index contributed by atoms with van der Waals surface area (Å²) in [7, 11) is 3.33. The molecule has 0 spiro atoms. The smallest absolute Gasteiger partial charge is 0.150 e. The molecule has 0 heterocycles. The van der Waals surface area contributed by atoms with Gasteiger partial charge in [-0.2, -0.15) is 0 Å². The molecule has 0 atom stereocenters. The molecule has 6 heteroatoms. The Morgan fingerprint density at radius 1 is 0.814 bits per heavy atom. The number of methoxy groups -OCH3 is 2. The third-order valence-corrected chi connectivity index (χ3v) is 6.13. The first-order chi connectivity index (χ1) is 21.0. The molecule has 0 saturated heterocycles. The van der Waals surface area contributed by atoms with Gasteiger partial charge in [-0.05, 0) is 98.3 Å². The van der Waals surface area contributed by atoms with Gasteiger partial charge in [0.25, 0.3) is 0 Å². The van der Waals surface area contributed by atoms with Gasteiger partial charge in [-0.3, -0.25) is 9.59 Å². The number of aldehydes is 2. The minimum absolute atomic E-state index is 0.639. The first kappa shape index (κ1) is 36.6. The summed E-state index contributed by atoms with van der Waals surface area (Å²) in [5.41, 5.74) is 4.67. The zero-order chi connectivity index (χ0) is 31.5. The fourth-order valence-electron chi connectivity index (χ4n) is 3.74. The summed E-state index contributed by atoms with van der Waals surface area (Å²) < 4.78 is 15.7. The lowest BCUT2D eigenvalue weighted by molar-refractivity contribution is -0.104. The van der Waals surface area contributed by atoms with Crippen LogP contribution in [-0.2, 0) is 16.0 Å². The van der Waals surface area contributed by atoms with Crippen LogP contribution in [0, 0.1) is 17.3 Å². The van der Waals surface area contributed by atoms with E-state index in [1.165, 1.54) is 37.1 Å². The molecule has 3 aromatic rings. The zero-order valence-electron chi connectivity index (χ0n) is 25.8. The topological polar surface area (TPSA) is 85.7 Å². The van der Waals surface area contributed by atoms with E-state index in [1.807, 2.05) is 30.3 Å². The van der Waals surface area contributed by atoms with Crippen molar-refractivity contribution in [2.75, 3.05) is 27.4 Å². The molecule has 0 bridgehead atoms. The number of rotatable bonds is 15. The molecule has 3 rings (SSSR count). The molecule has 0 amide bonds. The Bertz CT molecular complexity index is 1270. The van der Waals surface area contributed by atoms with E-state index in [-0.39, 0.29) is 0 Å². The summed E-state index contributed by atoms with van der Waals surface area (Å²) in [6, 6.07) is 21.2. The molecule has 0 aromatic heterocycles. The SMILES string of the molecule is C=CC=O.CCCCc1ccc(C#Cc2ccc(OC)c(C=N)c2)cc1.COCCCCCCOc1ccc(C=O)cc1. The first-order valence-corrected chi connectivity index (χ1v) is 14.6. The average molecular weight is 584 g/mol. The van der Waals surface area contributed by atoms with E-state index in [0.29, 0.717) is 17.6 Å². The number of nitrogens with one attached hydrogen (secondary N) is 1.